The molecule has 0 atom stereocenters. The van der Waals surface area contributed by atoms with Crippen molar-refractivity contribution in [1.29, 1.82) is 0 Å². The molecule has 0 aliphatic carbocycles. The largest absolute Gasteiger partial charge is 0.507 e. The van der Waals surface area contributed by atoms with Crippen LogP contribution in [0.4, 0.5) is 0 Å². The van der Waals surface area contributed by atoms with Crippen molar-refractivity contribution in [1.82, 2.24) is 4.40 Å². The highest BCUT2D eigenvalue weighted by Gasteiger charge is 2.23. The number of rotatable bonds is 1. The fourth-order valence-electron chi connectivity index (χ4n) is 2.73. The molecule has 0 bridgehead atoms. The number of hydrogen-bond donors (Lipinski definition) is 1. The van der Waals surface area contributed by atoms with Crippen molar-refractivity contribution in [2.75, 3.05) is 7.11 Å². The molecule has 7 heteroatoms. The van der Waals surface area contributed by atoms with E-state index in [1.165, 1.54) is 0 Å². The molecule has 1 N–H and O–H groups in total. The number of fused-ring (bicyclic) bond motifs is 3. The maximum atomic E-state index is 12.6. The lowest BCUT2D eigenvalue weighted by atomic mass is 9.87. The summed E-state index contributed by atoms with van der Waals surface area (Å²) in [5.74, 6) is -1.43. The smallest absolute Gasteiger partial charge is 0.343 e. The van der Waals surface area contributed by atoms with Gasteiger partial charge in [0, 0.05) is 6.07 Å². The third kappa shape index (κ3) is 2.70. The second kappa shape index (κ2) is 5.70. The summed E-state index contributed by atoms with van der Waals surface area (Å²) in [7, 11) is 1.15. The van der Waals surface area contributed by atoms with Gasteiger partial charge in [-0.05, 0) is 23.1 Å². The molecule has 130 valence electrons. The molecule has 1 aromatic carbocycles. The van der Waals surface area contributed by atoms with Gasteiger partial charge in [0.15, 0.2) is 0 Å². The lowest BCUT2D eigenvalue weighted by Gasteiger charge is -2.19. The molecule has 0 spiro atoms. The van der Waals surface area contributed by atoms with E-state index in [0.29, 0.717) is 10.2 Å². The maximum Gasteiger partial charge on any atom is 0.343 e. The number of benzene rings is 1. The number of pyridine rings is 1. The molecular formula is C18H17NO5S. The predicted octanol–water partition coefficient (Wildman–Crippen LogP) is 2.66. The highest BCUT2D eigenvalue weighted by Crippen LogP contribution is 2.29. The molecule has 0 unspecified atom stereocenters. The van der Waals surface area contributed by atoms with Gasteiger partial charge in [-0.1, -0.05) is 38.2 Å². The summed E-state index contributed by atoms with van der Waals surface area (Å²) in [6.45, 7) is 6.16. The quantitative estimate of drug-likeness (QED) is 0.533. The molecule has 3 rings (SSSR count). The van der Waals surface area contributed by atoms with Crippen molar-refractivity contribution in [2.45, 2.75) is 26.2 Å². The van der Waals surface area contributed by atoms with E-state index in [0.717, 1.165) is 34.5 Å². The first-order valence-electron chi connectivity index (χ1n) is 7.59. The maximum absolute atomic E-state index is 12.6. The van der Waals surface area contributed by atoms with Gasteiger partial charge in [0.1, 0.15) is 16.8 Å². The van der Waals surface area contributed by atoms with E-state index in [1.807, 2.05) is 12.1 Å². The molecule has 0 saturated carbocycles. The summed E-state index contributed by atoms with van der Waals surface area (Å²) in [5.41, 5.74) is 0.357. The van der Waals surface area contributed by atoms with Gasteiger partial charge in [0.25, 0.3) is 10.3 Å². The molecule has 0 amide bonds. The molecule has 0 saturated heterocycles. The first-order chi connectivity index (χ1) is 11.6. The Morgan fingerprint density at radius 3 is 2.48 bits per heavy atom. The van der Waals surface area contributed by atoms with Crippen LogP contribution in [0.5, 0.6) is 5.75 Å². The number of carbonyl (C=O) groups excluding carboxylic acids is 1. The van der Waals surface area contributed by atoms with Crippen LogP contribution in [0.3, 0.4) is 0 Å². The molecular weight excluding hydrogens is 342 g/mol. The average Bonchev–Trinajstić information content (AvgIpc) is 2.53. The van der Waals surface area contributed by atoms with E-state index in [1.54, 1.807) is 6.07 Å². The van der Waals surface area contributed by atoms with Gasteiger partial charge in [-0.3, -0.25) is 14.0 Å². The predicted molar refractivity (Wildman–Crippen MR) is 97.0 cm³/mol. The Labute approximate surface area is 146 Å². The Balaban J connectivity index is 2.55. The number of aromatic nitrogens is 1. The summed E-state index contributed by atoms with van der Waals surface area (Å²) in [5, 5.41) is 9.99. The number of ether oxygens (including phenoxy) is 1. The number of methoxy groups -OCH3 is 1. The second-order valence-corrected chi connectivity index (χ2v) is 7.76. The molecule has 0 aliphatic rings. The first-order valence-corrected chi connectivity index (χ1v) is 8.41. The van der Waals surface area contributed by atoms with Gasteiger partial charge in [-0.25, -0.2) is 4.79 Å². The molecule has 6 nitrogen and oxygen atoms in total. The Morgan fingerprint density at radius 1 is 1.20 bits per heavy atom. The molecule has 0 fully saturated rings. The lowest BCUT2D eigenvalue weighted by Crippen LogP contribution is -2.22. The zero-order chi connectivity index (χ0) is 18.5. The standard InChI is InChI=1S/C18H17NO5S/c1-18(2,3)9-5-6-10-12(7-9)25-17(23)15-14(16(22)24-4)11(20)8-13(21)19(10)15/h5-8,20H,1-4H3. The highest BCUT2D eigenvalue weighted by atomic mass is 32.1. The topological polar surface area (TPSA) is 85.1 Å². The van der Waals surface area contributed by atoms with Gasteiger partial charge >= 0.3 is 5.97 Å². The molecule has 2 heterocycles. The van der Waals surface area contributed by atoms with E-state index in [-0.39, 0.29) is 16.5 Å². The van der Waals surface area contributed by atoms with Gasteiger partial charge in [-0.2, -0.15) is 0 Å². The number of aromatic hydroxyl groups is 1. The van der Waals surface area contributed by atoms with Crippen LogP contribution in [0.1, 0.15) is 36.7 Å². The molecule has 3 aromatic rings. The van der Waals surface area contributed by atoms with Gasteiger partial charge < -0.3 is 9.84 Å². The number of carbonyl (C=O) groups is 1. The van der Waals surface area contributed by atoms with E-state index in [2.05, 4.69) is 25.5 Å². The van der Waals surface area contributed by atoms with Crippen molar-refractivity contribution < 1.29 is 14.6 Å². The highest BCUT2D eigenvalue weighted by molar-refractivity contribution is 7.16. The van der Waals surface area contributed by atoms with E-state index in [4.69, 9.17) is 0 Å². The number of hydrogen-bond acceptors (Lipinski definition) is 6. The SMILES string of the molecule is COC(=O)c1c(O)cc(=O)n2c1c(=O)sc1cc(C(C)(C)C)ccc12. The van der Waals surface area contributed by atoms with E-state index >= 15 is 0 Å². The summed E-state index contributed by atoms with van der Waals surface area (Å²) < 4.78 is 5.95. The van der Waals surface area contributed by atoms with E-state index in [9.17, 15) is 19.5 Å². The van der Waals surface area contributed by atoms with Crippen LogP contribution in [0.2, 0.25) is 0 Å². The zero-order valence-corrected chi connectivity index (χ0v) is 15.1. The second-order valence-electron chi connectivity index (χ2n) is 6.74. The van der Waals surface area contributed by atoms with Crippen LogP contribution in [-0.2, 0) is 10.2 Å². The van der Waals surface area contributed by atoms with Crippen LogP contribution in [0.25, 0.3) is 15.7 Å². The average molecular weight is 359 g/mol. The van der Waals surface area contributed by atoms with Gasteiger partial charge in [0.2, 0.25) is 0 Å². The zero-order valence-electron chi connectivity index (χ0n) is 14.2. The Hall–Kier alpha value is -2.67. The first kappa shape index (κ1) is 17.2. The normalized spacial score (nSPS) is 11.8. The summed E-state index contributed by atoms with van der Waals surface area (Å²) in [6, 6.07) is 6.42. The third-order valence-corrected chi connectivity index (χ3v) is 4.98. The van der Waals surface area contributed by atoms with Crippen LogP contribution in [0, 0.1) is 0 Å². The minimum absolute atomic E-state index is 0.115. The van der Waals surface area contributed by atoms with Crippen LogP contribution in [0.15, 0.2) is 33.9 Å². The minimum atomic E-state index is -0.870. The van der Waals surface area contributed by atoms with Gasteiger partial charge in [0.05, 0.1) is 17.3 Å². The minimum Gasteiger partial charge on any atom is -0.507 e. The van der Waals surface area contributed by atoms with Crippen LogP contribution in [-0.4, -0.2) is 22.6 Å². The third-order valence-electron chi connectivity index (χ3n) is 4.05. The van der Waals surface area contributed by atoms with Gasteiger partial charge in [-0.15, -0.1) is 0 Å². The van der Waals surface area contributed by atoms with Crippen LogP contribution < -0.4 is 10.3 Å². The number of esters is 1. The van der Waals surface area contributed by atoms with Crippen LogP contribution >= 0.6 is 11.3 Å². The Kier molecular flexibility index (Phi) is 3.91. The monoisotopic (exact) mass is 359 g/mol. The molecule has 2 aromatic heterocycles. The molecule has 25 heavy (non-hydrogen) atoms. The fourth-order valence-corrected chi connectivity index (χ4v) is 3.67. The Bertz CT molecular complexity index is 1130. The van der Waals surface area contributed by atoms with Crippen molar-refractivity contribution in [3.8, 4) is 5.75 Å². The van der Waals surface area contributed by atoms with Crippen molar-refractivity contribution in [3.05, 3.63) is 55.3 Å². The summed E-state index contributed by atoms with van der Waals surface area (Å²) in [6.07, 6.45) is 0. The van der Waals surface area contributed by atoms with Crippen molar-refractivity contribution in [2.24, 2.45) is 0 Å². The van der Waals surface area contributed by atoms with E-state index < -0.39 is 22.0 Å². The molecule has 0 aliphatic heterocycles. The fraction of sp³-hybridized carbons (Fsp3) is 0.278. The molecule has 0 radical (unpaired) electrons. The number of nitrogens with zero attached hydrogens (tertiary/aromatic N) is 1. The Morgan fingerprint density at radius 2 is 1.88 bits per heavy atom. The van der Waals surface area contributed by atoms with Crippen molar-refractivity contribution >= 4 is 33.0 Å². The summed E-state index contributed by atoms with van der Waals surface area (Å²) in [4.78, 5) is 37.1. The van der Waals surface area contributed by atoms with Crippen molar-refractivity contribution in [3.63, 3.8) is 0 Å². The summed E-state index contributed by atoms with van der Waals surface area (Å²) >= 11 is 0.927. The lowest BCUT2D eigenvalue weighted by molar-refractivity contribution is 0.0599.